The van der Waals surface area contributed by atoms with E-state index >= 15 is 0 Å². The van der Waals surface area contributed by atoms with Gasteiger partial charge in [0.1, 0.15) is 6.10 Å². The number of benzene rings is 5. The monoisotopic (exact) mass is 792 g/mol. The molecule has 3 N–H and O–H groups in total. The van der Waals surface area contributed by atoms with Crippen molar-refractivity contribution < 1.29 is 20.1 Å². The van der Waals surface area contributed by atoms with E-state index in [0.29, 0.717) is 23.0 Å². The maximum Gasteiger partial charge on any atom is 0.247 e. The van der Waals surface area contributed by atoms with Crippen molar-refractivity contribution in [3.05, 3.63) is 181 Å². The molecule has 2 aromatic heterocycles. The highest BCUT2D eigenvalue weighted by molar-refractivity contribution is 6.00. The van der Waals surface area contributed by atoms with Gasteiger partial charge in [-0.1, -0.05) is 121 Å². The van der Waals surface area contributed by atoms with Gasteiger partial charge in [0.25, 0.3) is 0 Å². The SMILES string of the molecule is CN(/N=C\C1=CC(O)C(=O)C=C1)c1nc(-c2ccccc2)cc(-c2ccccc2)n1.CN(/N=C\c1ccc(O)c(O)c1)c1nc(-c2ccccc2)cc(-c2ccccc2)n1. The fourth-order valence-electron chi connectivity index (χ4n) is 5.90. The molecule has 7 aromatic rings. The van der Waals surface area contributed by atoms with Crippen LogP contribution in [0.1, 0.15) is 5.56 Å². The topological polar surface area (TPSA) is 161 Å². The third-order valence-corrected chi connectivity index (χ3v) is 9.13. The minimum Gasteiger partial charge on any atom is -0.504 e. The number of hydrazone groups is 2. The Morgan fingerprint density at radius 2 is 0.917 bits per heavy atom. The Kier molecular flexibility index (Phi) is 12.6. The normalized spacial score (nSPS) is 13.5. The van der Waals surface area contributed by atoms with Crippen molar-refractivity contribution in [1.29, 1.82) is 0 Å². The summed E-state index contributed by atoms with van der Waals surface area (Å²) in [5, 5.41) is 40.7. The molecule has 0 bridgehead atoms. The third-order valence-electron chi connectivity index (χ3n) is 9.13. The number of phenols is 2. The average molecular weight is 793 g/mol. The second-order valence-electron chi connectivity index (χ2n) is 13.5. The number of ketones is 1. The molecule has 0 spiro atoms. The number of hydrogen-bond donors (Lipinski definition) is 3. The van der Waals surface area contributed by atoms with Gasteiger partial charge in [-0.25, -0.2) is 30.0 Å². The minimum absolute atomic E-state index is 0.174. The van der Waals surface area contributed by atoms with Crippen molar-refractivity contribution in [3.63, 3.8) is 0 Å². The number of aliphatic hydroxyl groups excluding tert-OH is 1. The Balaban J connectivity index is 0.000000181. The lowest BCUT2D eigenvalue weighted by molar-refractivity contribution is -0.120. The summed E-state index contributed by atoms with van der Waals surface area (Å²) in [5.74, 6) is 0.159. The highest BCUT2D eigenvalue weighted by atomic mass is 16.3. The molecule has 0 radical (unpaired) electrons. The van der Waals surface area contributed by atoms with Crippen LogP contribution in [0, 0.1) is 0 Å². The second-order valence-corrected chi connectivity index (χ2v) is 13.5. The van der Waals surface area contributed by atoms with Gasteiger partial charge in [0.05, 0.1) is 35.2 Å². The van der Waals surface area contributed by atoms with Crippen molar-refractivity contribution in [2.75, 3.05) is 24.1 Å². The van der Waals surface area contributed by atoms with Gasteiger partial charge >= 0.3 is 0 Å². The van der Waals surface area contributed by atoms with E-state index in [1.165, 1.54) is 24.3 Å². The number of aromatic nitrogens is 4. The van der Waals surface area contributed by atoms with Crippen molar-refractivity contribution >= 4 is 30.1 Å². The Hall–Kier alpha value is -8.09. The highest BCUT2D eigenvalue weighted by Crippen LogP contribution is 2.28. The molecule has 1 unspecified atom stereocenters. The molecule has 5 aromatic carbocycles. The van der Waals surface area contributed by atoms with E-state index in [-0.39, 0.29) is 17.3 Å². The van der Waals surface area contributed by atoms with Crippen molar-refractivity contribution in [2.45, 2.75) is 6.10 Å². The molecule has 8 rings (SSSR count). The summed E-state index contributed by atoms with van der Waals surface area (Å²) in [6, 6.07) is 48.0. The van der Waals surface area contributed by atoms with Crippen LogP contribution in [0.2, 0.25) is 0 Å². The van der Waals surface area contributed by atoms with Gasteiger partial charge < -0.3 is 15.3 Å². The molecule has 1 aliphatic carbocycles. The van der Waals surface area contributed by atoms with Gasteiger partial charge in [0.15, 0.2) is 17.3 Å². The van der Waals surface area contributed by atoms with E-state index in [2.05, 4.69) is 30.1 Å². The van der Waals surface area contributed by atoms with Crippen LogP contribution in [0.3, 0.4) is 0 Å². The molecule has 2 heterocycles. The summed E-state index contributed by atoms with van der Waals surface area (Å²) in [6.45, 7) is 0. The first-order valence-corrected chi connectivity index (χ1v) is 18.9. The third kappa shape index (κ3) is 10.3. The zero-order valence-electron chi connectivity index (χ0n) is 32.7. The van der Waals surface area contributed by atoms with Crippen LogP contribution in [0.5, 0.6) is 11.5 Å². The van der Waals surface area contributed by atoms with Gasteiger partial charge in [-0.2, -0.15) is 10.2 Å². The number of rotatable bonds is 10. The molecule has 12 nitrogen and oxygen atoms in total. The Labute approximate surface area is 347 Å². The van der Waals surface area contributed by atoms with Crippen LogP contribution < -0.4 is 10.0 Å². The molecule has 1 aliphatic rings. The summed E-state index contributed by atoms with van der Waals surface area (Å²) in [5.41, 5.74) is 8.38. The zero-order valence-corrected chi connectivity index (χ0v) is 32.7. The summed E-state index contributed by atoms with van der Waals surface area (Å²) in [7, 11) is 3.51. The largest absolute Gasteiger partial charge is 0.504 e. The molecule has 0 saturated carbocycles. The second kappa shape index (κ2) is 18.9. The molecule has 0 fully saturated rings. The minimum atomic E-state index is -1.14. The van der Waals surface area contributed by atoms with Crippen LogP contribution in [0.25, 0.3) is 45.0 Å². The molecule has 296 valence electrons. The fraction of sp³-hybridized carbons (Fsp3) is 0.0625. The molecule has 60 heavy (non-hydrogen) atoms. The molecule has 0 saturated heterocycles. The molecular weight excluding hydrogens is 753 g/mol. The van der Waals surface area contributed by atoms with Crippen LogP contribution in [0.15, 0.2) is 186 Å². The summed E-state index contributed by atoms with van der Waals surface area (Å²) < 4.78 is 0. The number of carbonyl (C=O) groups is 1. The molecule has 12 heteroatoms. The number of anilines is 2. The number of nitrogens with zero attached hydrogens (tertiary/aromatic N) is 8. The van der Waals surface area contributed by atoms with E-state index < -0.39 is 6.10 Å². The molecular formula is C48H40N8O4. The van der Waals surface area contributed by atoms with Gasteiger partial charge in [0, 0.05) is 36.3 Å². The lowest BCUT2D eigenvalue weighted by Gasteiger charge is -2.15. The van der Waals surface area contributed by atoms with E-state index in [1.807, 2.05) is 133 Å². The maximum absolute atomic E-state index is 11.4. The van der Waals surface area contributed by atoms with E-state index in [0.717, 1.165) is 45.0 Å². The van der Waals surface area contributed by atoms with Crippen LogP contribution >= 0.6 is 0 Å². The van der Waals surface area contributed by atoms with Crippen molar-refractivity contribution in [1.82, 2.24) is 19.9 Å². The van der Waals surface area contributed by atoms with E-state index in [1.54, 1.807) is 48.7 Å². The number of hydrogen-bond acceptors (Lipinski definition) is 12. The Morgan fingerprint density at radius 1 is 0.517 bits per heavy atom. The number of aliphatic hydroxyl groups is 1. The quantitative estimate of drug-likeness (QED) is 0.0698. The standard InChI is InChI=1S/2C24H20N4O2/c2*1-28(25-16-17-12-13-22(29)23(30)14-17)24-26-20(18-8-4-2-5-9-18)15-21(27-24)19-10-6-3-7-11-19/h2-16,29-30H,1H3;2-16,23,30H,1H3/b2*25-16-. The lowest BCUT2D eigenvalue weighted by Crippen LogP contribution is -2.19. The number of phenolic OH excluding ortho intramolecular Hbond substituents is 2. The van der Waals surface area contributed by atoms with Crippen molar-refractivity contribution in [3.8, 4) is 56.5 Å². The number of carbonyl (C=O) groups excluding carboxylic acids is 1. The average Bonchev–Trinajstić information content (AvgIpc) is 3.30. The predicted molar refractivity (Wildman–Crippen MR) is 237 cm³/mol. The van der Waals surface area contributed by atoms with Crippen LogP contribution in [-0.2, 0) is 4.79 Å². The maximum atomic E-state index is 11.4. The zero-order chi connectivity index (χ0) is 41.8. The van der Waals surface area contributed by atoms with E-state index in [4.69, 9.17) is 0 Å². The first-order valence-electron chi connectivity index (χ1n) is 18.9. The molecule has 0 amide bonds. The Bertz CT molecular complexity index is 2580. The first kappa shape index (κ1) is 40.1. The highest BCUT2D eigenvalue weighted by Gasteiger charge is 2.15. The smallest absolute Gasteiger partial charge is 0.247 e. The molecule has 0 aliphatic heterocycles. The predicted octanol–water partition coefficient (Wildman–Crippen LogP) is 8.35. The first-order chi connectivity index (χ1) is 29.2. The fourth-order valence-corrected chi connectivity index (χ4v) is 5.90. The van der Waals surface area contributed by atoms with Gasteiger partial charge in [-0.05, 0) is 59.7 Å². The molecule has 1 atom stereocenters. The van der Waals surface area contributed by atoms with Crippen LogP contribution in [-0.4, -0.2) is 73.7 Å². The van der Waals surface area contributed by atoms with Crippen molar-refractivity contribution in [2.24, 2.45) is 10.2 Å². The van der Waals surface area contributed by atoms with Crippen LogP contribution in [0.4, 0.5) is 11.9 Å². The lowest BCUT2D eigenvalue weighted by atomic mass is 10.1. The number of allylic oxidation sites excluding steroid dienone is 2. The number of aromatic hydroxyl groups is 2. The Morgan fingerprint density at radius 3 is 1.30 bits per heavy atom. The van der Waals surface area contributed by atoms with Gasteiger partial charge in [-0.3, -0.25) is 4.79 Å². The van der Waals surface area contributed by atoms with E-state index in [9.17, 15) is 20.1 Å². The summed E-state index contributed by atoms with van der Waals surface area (Å²) in [4.78, 5) is 30.1. The summed E-state index contributed by atoms with van der Waals surface area (Å²) in [6.07, 6.45) is 6.40. The van der Waals surface area contributed by atoms with Gasteiger partial charge in [-0.15, -0.1) is 0 Å². The van der Waals surface area contributed by atoms with Gasteiger partial charge in [0.2, 0.25) is 11.9 Å². The summed E-state index contributed by atoms with van der Waals surface area (Å²) >= 11 is 0.